The van der Waals surface area contributed by atoms with Crippen molar-refractivity contribution in [3.8, 4) is 0 Å². The molecule has 3 nitrogen and oxygen atoms in total. The Bertz CT molecular complexity index is 317. The van der Waals surface area contributed by atoms with Crippen LogP contribution in [0.15, 0.2) is 24.3 Å². The van der Waals surface area contributed by atoms with Gasteiger partial charge in [-0.2, -0.15) is 0 Å². The molecule has 94 valence electrons. The number of ether oxygens (including phenoxy) is 2. The first-order chi connectivity index (χ1) is 8.38. The maximum Gasteiger partial charge on any atom is 0.0809 e. The van der Waals surface area contributed by atoms with Gasteiger partial charge in [-0.1, -0.05) is 24.3 Å². The molecule has 0 aliphatic carbocycles. The van der Waals surface area contributed by atoms with Crippen molar-refractivity contribution in [2.75, 3.05) is 20.3 Å². The van der Waals surface area contributed by atoms with Gasteiger partial charge in [-0.25, -0.2) is 0 Å². The Labute approximate surface area is 103 Å². The van der Waals surface area contributed by atoms with E-state index in [0.29, 0.717) is 12.7 Å². The summed E-state index contributed by atoms with van der Waals surface area (Å²) in [5, 5.41) is 3.14. The molecule has 1 aromatic rings. The van der Waals surface area contributed by atoms with E-state index in [-0.39, 0.29) is 0 Å². The predicted molar refractivity (Wildman–Crippen MR) is 67.8 cm³/mol. The van der Waals surface area contributed by atoms with E-state index in [1.807, 2.05) is 7.05 Å². The van der Waals surface area contributed by atoms with Gasteiger partial charge in [0, 0.05) is 13.2 Å². The van der Waals surface area contributed by atoms with Crippen LogP contribution in [-0.2, 0) is 22.6 Å². The molecule has 1 N–H and O–H groups in total. The smallest absolute Gasteiger partial charge is 0.0809 e. The van der Waals surface area contributed by atoms with Crippen LogP contribution in [0, 0.1) is 0 Å². The maximum atomic E-state index is 5.66. The average molecular weight is 235 g/mol. The van der Waals surface area contributed by atoms with Crippen LogP contribution in [0.5, 0.6) is 0 Å². The molecular formula is C14H21NO2. The first kappa shape index (κ1) is 12.6. The van der Waals surface area contributed by atoms with E-state index in [4.69, 9.17) is 9.47 Å². The molecule has 3 heteroatoms. The minimum atomic E-state index is 0.318. The molecule has 1 atom stereocenters. The molecule has 0 spiro atoms. The van der Waals surface area contributed by atoms with Crippen molar-refractivity contribution in [3.63, 3.8) is 0 Å². The Hall–Kier alpha value is -0.900. The molecule has 1 saturated heterocycles. The zero-order valence-corrected chi connectivity index (χ0v) is 10.4. The number of nitrogens with one attached hydrogen (secondary N) is 1. The molecule has 0 radical (unpaired) electrons. The molecule has 1 unspecified atom stereocenters. The Morgan fingerprint density at radius 2 is 2.06 bits per heavy atom. The summed E-state index contributed by atoms with van der Waals surface area (Å²) in [7, 11) is 1.96. The van der Waals surface area contributed by atoms with E-state index in [9.17, 15) is 0 Å². The third-order valence-corrected chi connectivity index (χ3v) is 3.00. The van der Waals surface area contributed by atoms with Crippen LogP contribution in [0.1, 0.15) is 24.0 Å². The summed E-state index contributed by atoms with van der Waals surface area (Å²) < 4.78 is 11.2. The van der Waals surface area contributed by atoms with Crippen LogP contribution in [0.4, 0.5) is 0 Å². The van der Waals surface area contributed by atoms with E-state index in [0.717, 1.165) is 26.2 Å². The lowest BCUT2D eigenvalue weighted by molar-refractivity contribution is 0.0106. The van der Waals surface area contributed by atoms with Crippen molar-refractivity contribution in [2.24, 2.45) is 0 Å². The van der Waals surface area contributed by atoms with Crippen molar-refractivity contribution in [3.05, 3.63) is 35.4 Å². The molecule has 1 aliphatic heterocycles. The lowest BCUT2D eigenvalue weighted by Gasteiger charge is -2.10. The molecule has 1 fully saturated rings. The Morgan fingerprint density at radius 1 is 1.29 bits per heavy atom. The van der Waals surface area contributed by atoms with Gasteiger partial charge in [0.25, 0.3) is 0 Å². The summed E-state index contributed by atoms with van der Waals surface area (Å²) in [4.78, 5) is 0. The molecule has 0 aromatic heterocycles. The fraction of sp³-hybridized carbons (Fsp3) is 0.571. The van der Waals surface area contributed by atoms with Gasteiger partial charge in [-0.3, -0.25) is 0 Å². The molecule has 1 aromatic carbocycles. The van der Waals surface area contributed by atoms with E-state index in [1.165, 1.54) is 17.5 Å². The first-order valence-electron chi connectivity index (χ1n) is 6.30. The normalized spacial score (nSPS) is 19.7. The van der Waals surface area contributed by atoms with Crippen molar-refractivity contribution < 1.29 is 9.47 Å². The highest BCUT2D eigenvalue weighted by Gasteiger charge is 2.14. The number of hydrogen-bond acceptors (Lipinski definition) is 3. The van der Waals surface area contributed by atoms with Crippen molar-refractivity contribution in [1.29, 1.82) is 0 Å². The highest BCUT2D eigenvalue weighted by atomic mass is 16.5. The second kappa shape index (κ2) is 6.74. The van der Waals surface area contributed by atoms with Gasteiger partial charge < -0.3 is 14.8 Å². The Morgan fingerprint density at radius 3 is 2.71 bits per heavy atom. The lowest BCUT2D eigenvalue weighted by atomic mass is 10.1. The molecule has 2 rings (SSSR count). The van der Waals surface area contributed by atoms with Crippen LogP contribution in [0.3, 0.4) is 0 Å². The molecule has 0 bridgehead atoms. The minimum absolute atomic E-state index is 0.318. The topological polar surface area (TPSA) is 30.5 Å². The monoisotopic (exact) mass is 235 g/mol. The summed E-state index contributed by atoms with van der Waals surface area (Å²) in [6.07, 6.45) is 2.63. The summed E-state index contributed by atoms with van der Waals surface area (Å²) >= 11 is 0. The fourth-order valence-electron chi connectivity index (χ4n) is 2.04. The van der Waals surface area contributed by atoms with E-state index < -0.39 is 0 Å². The molecule has 17 heavy (non-hydrogen) atoms. The number of rotatable bonds is 6. The fourth-order valence-corrected chi connectivity index (χ4v) is 2.04. The van der Waals surface area contributed by atoms with Crippen LogP contribution < -0.4 is 5.32 Å². The molecule has 0 amide bonds. The molecule has 1 heterocycles. The lowest BCUT2D eigenvalue weighted by Crippen LogP contribution is -2.13. The average Bonchev–Trinajstić information content (AvgIpc) is 2.85. The molecule has 1 aliphatic rings. The van der Waals surface area contributed by atoms with Gasteiger partial charge in [-0.05, 0) is 31.0 Å². The van der Waals surface area contributed by atoms with Gasteiger partial charge in [0.15, 0.2) is 0 Å². The summed E-state index contributed by atoms with van der Waals surface area (Å²) in [5.41, 5.74) is 2.53. The van der Waals surface area contributed by atoms with Gasteiger partial charge in [0.2, 0.25) is 0 Å². The van der Waals surface area contributed by atoms with Crippen LogP contribution in [0.25, 0.3) is 0 Å². The van der Waals surface area contributed by atoms with E-state index in [1.54, 1.807) is 0 Å². The zero-order chi connectivity index (χ0) is 11.9. The van der Waals surface area contributed by atoms with Gasteiger partial charge in [0.05, 0.1) is 19.3 Å². The van der Waals surface area contributed by atoms with E-state index >= 15 is 0 Å². The summed E-state index contributed by atoms with van der Waals surface area (Å²) in [6.45, 7) is 3.21. The second-order valence-corrected chi connectivity index (χ2v) is 4.50. The summed E-state index contributed by atoms with van der Waals surface area (Å²) in [6, 6.07) is 8.53. The predicted octanol–water partition coefficient (Wildman–Crippen LogP) is 2.10. The van der Waals surface area contributed by atoms with Gasteiger partial charge >= 0.3 is 0 Å². The van der Waals surface area contributed by atoms with Crippen LogP contribution in [0.2, 0.25) is 0 Å². The molecular weight excluding hydrogens is 214 g/mol. The zero-order valence-electron chi connectivity index (χ0n) is 10.4. The number of hydrogen-bond donors (Lipinski definition) is 1. The quantitative estimate of drug-likeness (QED) is 0.819. The first-order valence-corrected chi connectivity index (χ1v) is 6.30. The van der Waals surface area contributed by atoms with E-state index in [2.05, 4.69) is 29.6 Å². The van der Waals surface area contributed by atoms with Gasteiger partial charge in [-0.15, -0.1) is 0 Å². The maximum absolute atomic E-state index is 5.66. The third-order valence-electron chi connectivity index (χ3n) is 3.00. The van der Waals surface area contributed by atoms with Crippen molar-refractivity contribution >= 4 is 0 Å². The molecule has 0 saturated carbocycles. The van der Waals surface area contributed by atoms with Crippen molar-refractivity contribution in [1.82, 2.24) is 5.32 Å². The van der Waals surface area contributed by atoms with Gasteiger partial charge in [0.1, 0.15) is 0 Å². The van der Waals surface area contributed by atoms with Crippen LogP contribution in [-0.4, -0.2) is 26.4 Å². The SMILES string of the molecule is CNCc1ccc(COCC2CCCO2)cc1. The Balaban J connectivity index is 1.70. The highest BCUT2D eigenvalue weighted by Crippen LogP contribution is 2.13. The summed E-state index contributed by atoms with van der Waals surface area (Å²) in [5.74, 6) is 0. The Kier molecular flexibility index (Phi) is 4.98. The number of benzene rings is 1. The van der Waals surface area contributed by atoms with Crippen LogP contribution >= 0.6 is 0 Å². The standard InChI is InChI=1S/C14H21NO2/c1-15-9-12-4-6-13(7-5-12)10-16-11-14-3-2-8-17-14/h4-7,14-15H,2-3,8-11H2,1H3. The van der Waals surface area contributed by atoms with Crippen molar-refractivity contribution in [2.45, 2.75) is 32.1 Å². The second-order valence-electron chi connectivity index (χ2n) is 4.50. The highest BCUT2D eigenvalue weighted by molar-refractivity contribution is 5.21. The minimum Gasteiger partial charge on any atom is -0.376 e. The third kappa shape index (κ3) is 4.11. The largest absolute Gasteiger partial charge is 0.376 e.